The lowest BCUT2D eigenvalue weighted by atomic mass is 9.98. The van der Waals surface area contributed by atoms with Crippen LogP contribution in [0, 0.1) is 5.82 Å². The minimum Gasteiger partial charge on any atom is -0.467 e. The van der Waals surface area contributed by atoms with Crippen molar-refractivity contribution in [2.24, 2.45) is 0 Å². The zero-order valence-corrected chi connectivity index (χ0v) is 12.0. The molecule has 0 radical (unpaired) electrons. The van der Waals surface area contributed by atoms with Gasteiger partial charge in [-0.05, 0) is 31.5 Å². The van der Waals surface area contributed by atoms with Crippen molar-refractivity contribution in [3.8, 4) is 0 Å². The average molecular weight is 282 g/mol. The first-order valence-corrected chi connectivity index (χ1v) is 6.26. The van der Waals surface area contributed by atoms with E-state index in [2.05, 4.69) is 10.6 Å². The SMILES string of the molecule is CCC(C)(Nc1ccc(C(=O)NC)c(F)c1)C(=O)OC. The monoisotopic (exact) mass is 282 g/mol. The van der Waals surface area contributed by atoms with Gasteiger partial charge in [0.1, 0.15) is 11.4 Å². The number of nitrogens with one attached hydrogen (secondary N) is 2. The van der Waals surface area contributed by atoms with Crippen LogP contribution in [-0.2, 0) is 9.53 Å². The first kappa shape index (κ1) is 15.9. The molecule has 0 fully saturated rings. The van der Waals surface area contributed by atoms with Crippen LogP contribution >= 0.6 is 0 Å². The highest BCUT2D eigenvalue weighted by Crippen LogP contribution is 2.22. The molecule has 0 heterocycles. The molecule has 0 aliphatic heterocycles. The van der Waals surface area contributed by atoms with E-state index in [0.29, 0.717) is 12.1 Å². The van der Waals surface area contributed by atoms with Gasteiger partial charge in [-0.25, -0.2) is 9.18 Å². The van der Waals surface area contributed by atoms with Gasteiger partial charge in [0.25, 0.3) is 5.91 Å². The van der Waals surface area contributed by atoms with E-state index in [4.69, 9.17) is 4.74 Å². The van der Waals surface area contributed by atoms with E-state index in [1.165, 1.54) is 26.3 Å². The van der Waals surface area contributed by atoms with E-state index >= 15 is 0 Å². The maximum atomic E-state index is 13.8. The first-order valence-electron chi connectivity index (χ1n) is 6.26. The van der Waals surface area contributed by atoms with Gasteiger partial charge in [-0.3, -0.25) is 4.79 Å². The third-order valence-electron chi connectivity index (χ3n) is 3.20. The lowest BCUT2D eigenvalue weighted by Crippen LogP contribution is -2.43. The molecule has 0 saturated carbocycles. The van der Waals surface area contributed by atoms with Gasteiger partial charge in [-0.2, -0.15) is 0 Å². The molecule has 0 saturated heterocycles. The number of hydrogen-bond acceptors (Lipinski definition) is 4. The predicted molar refractivity (Wildman–Crippen MR) is 74.1 cm³/mol. The van der Waals surface area contributed by atoms with Crippen molar-refractivity contribution in [1.82, 2.24) is 5.32 Å². The largest absolute Gasteiger partial charge is 0.467 e. The van der Waals surface area contributed by atoms with E-state index in [-0.39, 0.29) is 5.56 Å². The Morgan fingerprint density at radius 1 is 1.40 bits per heavy atom. The van der Waals surface area contributed by atoms with Gasteiger partial charge in [0.2, 0.25) is 0 Å². The van der Waals surface area contributed by atoms with Crippen molar-refractivity contribution in [2.45, 2.75) is 25.8 Å². The smallest absolute Gasteiger partial charge is 0.331 e. The summed E-state index contributed by atoms with van der Waals surface area (Å²) >= 11 is 0. The Hall–Kier alpha value is -2.11. The molecule has 0 aromatic heterocycles. The maximum Gasteiger partial charge on any atom is 0.331 e. The standard InChI is InChI=1S/C14H19FN2O3/c1-5-14(2,13(19)20-4)17-9-6-7-10(11(15)8-9)12(18)16-3/h6-8,17H,5H2,1-4H3,(H,16,18). The summed E-state index contributed by atoms with van der Waals surface area (Å²) in [7, 11) is 2.73. The minimum atomic E-state index is -0.949. The van der Waals surface area contributed by atoms with Crippen LogP contribution in [0.4, 0.5) is 10.1 Å². The summed E-state index contributed by atoms with van der Waals surface area (Å²) in [5, 5.41) is 5.29. The fourth-order valence-corrected chi connectivity index (χ4v) is 1.74. The first-order chi connectivity index (χ1) is 9.37. The molecule has 0 aliphatic rings. The number of esters is 1. The molecule has 1 rings (SSSR count). The highest BCUT2D eigenvalue weighted by Gasteiger charge is 2.32. The van der Waals surface area contributed by atoms with Gasteiger partial charge in [-0.1, -0.05) is 6.92 Å². The zero-order chi connectivity index (χ0) is 15.3. The molecular weight excluding hydrogens is 263 g/mol. The lowest BCUT2D eigenvalue weighted by molar-refractivity contribution is -0.145. The van der Waals surface area contributed by atoms with E-state index in [1.807, 2.05) is 6.92 Å². The fraction of sp³-hybridized carbons (Fsp3) is 0.429. The van der Waals surface area contributed by atoms with Crippen molar-refractivity contribution in [3.63, 3.8) is 0 Å². The van der Waals surface area contributed by atoms with Gasteiger partial charge in [0.05, 0.1) is 12.7 Å². The molecule has 1 aromatic carbocycles. The van der Waals surface area contributed by atoms with Gasteiger partial charge in [0.15, 0.2) is 0 Å². The summed E-state index contributed by atoms with van der Waals surface area (Å²) in [6.45, 7) is 3.49. The second-order valence-corrected chi connectivity index (χ2v) is 4.58. The molecule has 5 nitrogen and oxygen atoms in total. The normalized spacial score (nSPS) is 13.2. The van der Waals surface area contributed by atoms with Crippen molar-refractivity contribution in [2.75, 3.05) is 19.5 Å². The molecule has 1 amide bonds. The molecular formula is C14H19FN2O3. The van der Waals surface area contributed by atoms with Crippen molar-refractivity contribution in [3.05, 3.63) is 29.6 Å². The Kier molecular flexibility index (Phi) is 5.07. The highest BCUT2D eigenvalue weighted by molar-refractivity contribution is 5.94. The maximum absolute atomic E-state index is 13.8. The van der Waals surface area contributed by atoms with Gasteiger partial charge < -0.3 is 15.4 Å². The van der Waals surface area contributed by atoms with E-state index in [9.17, 15) is 14.0 Å². The highest BCUT2D eigenvalue weighted by atomic mass is 19.1. The second-order valence-electron chi connectivity index (χ2n) is 4.58. The summed E-state index contributed by atoms with van der Waals surface area (Å²) < 4.78 is 18.6. The van der Waals surface area contributed by atoms with Crippen LogP contribution in [0.1, 0.15) is 30.6 Å². The number of anilines is 1. The van der Waals surface area contributed by atoms with E-state index in [1.54, 1.807) is 13.0 Å². The molecule has 2 N–H and O–H groups in total. The van der Waals surface area contributed by atoms with Gasteiger partial charge in [0, 0.05) is 12.7 Å². The number of rotatable bonds is 5. The van der Waals surface area contributed by atoms with E-state index < -0.39 is 23.2 Å². The third kappa shape index (κ3) is 3.26. The van der Waals surface area contributed by atoms with Crippen LogP contribution < -0.4 is 10.6 Å². The summed E-state index contributed by atoms with van der Waals surface area (Å²) in [5.74, 6) is -1.59. The lowest BCUT2D eigenvalue weighted by Gasteiger charge is -2.27. The fourth-order valence-electron chi connectivity index (χ4n) is 1.74. The third-order valence-corrected chi connectivity index (χ3v) is 3.20. The summed E-state index contributed by atoms with van der Waals surface area (Å²) in [5.41, 5.74) is -0.588. The number of hydrogen-bond donors (Lipinski definition) is 2. The molecule has 110 valence electrons. The number of carbonyl (C=O) groups is 2. The quantitative estimate of drug-likeness (QED) is 0.810. The molecule has 20 heavy (non-hydrogen) atoms. The molecule has 1 aromatic rings. The summed E-state index contributed by atoms with van der Waals surface area (Å²) in [6.07, 6.45) is 0.471. The van der Waals surface area contributed by atoms with Crippen LogP contribution in [0.2, 0.25) is 0 Å². The number of methoxy groups -OCH3 is 1. The minimum absolute atomic E-state index is 0.0469. The topological polar surface area (TPSA) is 67.4 Å². The molecule has 6 heteroatoms. The summed E-state index contributed by atoms with van der Waals surface area (Å²) in [4.78, 5) is 23.1. The van der Waals surface area contributed by atoms with Crippen LogP contribution in [0.5, 0.6) is 0 Å². The molecule has 0 spiro atoms. The number of carbonyl (C=O) groups excluding carboxylic acids is 2. The van der Waals surface area contributed by atoms with Crippen molar-refractivity contribution in [1.29, 1.82) is 0 Å². The Bertz CT molecular complexity index is 519. The second kappa shape index (κ2) is 6.36. The Morgan fingerprint density at radius 2 is 2.05 bits per heavy atom. The van der Waals surface area contributed by atoms with Crippen LogP contribution in [0.3, 0.4) is 0 Å². The number of amides is 1. The Labute approximate surface area is 117 Å². The number of ether oxygens (including phenoxy) is 1. The number of halogens is 1. The van der Waals surface area contributed by atoms with E-state index in [0.717, 1.165) is 0 Å². The molecule has 1 unspecified atom stereocenters. The molecule has 1 atom stereocenters. The number of benzene rings is 1. The Balaban J connectivity index is 3.02. The van der Waals surface area contributed by atoms with Crippen molar-refractivity contribution < 1.29 is 18.7 Å². The molecule has 0 aliphatic carbocycles. The van der Waals surface area contributed by atoms with Gasteiger partial charge in [-0.15, -0.1) is 0 Å². The van der Waals surface area contributed by atoms with Crippen LogP contribution in [0.15, 0.2) is 18.2 Å². The summed E-state index contributed by atoms with van der Waals surface area (Å²) in [6, 6.07) is 4.09. The predicted octanol–water partition coefficient (Wildman–Crippen LogP) is 1.94. The Morgan fingerprint density at radius 3 is 2.50 bits per heavy atom. The van der Waals surface area contributed by atoms with Gasteiger partial charge >= 0.3 is 5.97 Å². The zero-order valence-electron chi connectivity index (χ0n) is 12.0. The molecule has 0 bridgehead atoms. The average Bonchev–Trinajstić information content (AvgIpc) is 2.45. The van der Waals surface area contributed by atoms with Crippen LogP contribution in [0.25, 0.3) is 0 Å². The van der Waals surface area contributed by atoms with Crippen molar-refractivity contribution >= 4 is 17.6 Å². The van der Waals surface area contributed by atoms with Crippen LogP contribution in [-0.4, -0.2) is 31.6 Å².